The number of hydrogen-bond acceptors (Lipinski definition) is 6. The van der Waals surface area contributed by atoms with Gasteiger partial charge in [-0.1, -0.05) is 6.07 Å². The molecule has 3 aliphatic rings. The van der Waals surface area contributed by atoms with E-state index in [1.54, 1.807) is 0 Å². The van der Waals surface area contributed by atoms with E-state index in [1.165, 1.54) is 12.0 Å². The maximum absolute atomic E-state index is 10.6. The van der Waals surface area contributed by atoms with Crippen molar-refractivity contribution in [2.45, 2.75) is 51.1 Å². The maximum atomic E-state index is 10.6. The van der Waals surface area contributed by atoms with Crippen LogP contribution in [0, 0.1) is 0 Å². The number of nitrogens with one attached hydrogen (secondary N) is 1. The van der Waals surface area contributed by atoms with Gasteiger partial charge >= 0.3 is 0 Å². The summed E-state index contributed by atoms with van der Waals surface area (Å²) in [6.07, 6.45) is 7.22. The highest BCUT2D eigenvalue weighted by Gasteiger charge is 2.30. The van der Waals surface area contributed by atoms with E-state index in [0.717, 1.165) is 63.1 Å². The van der Waals surface area contributed by atoms with Crippen LogP contribution in [-0.4, -0.2) is 48.4 Å². The van der Waals surface area contributed by atoms with Gasteiger partial charge in [0.15, 0.2) is 0 Å². The summed E-state index contributed by atoms with van der Waals surface area (Å²) in [5, 5.41) is 14.1. The molecule has 28 heavy (non-hydrogen) atoms. The van der Waals surface area contributed by atoms with Crippen molar-refractivity contribution in [1.82, 2.24) is 10.2 Å². The van der Waals surface area contributed by atoms with Crippen molar-refractivity contribution in [2.24, 2.45) is 11.5 Å². The summed E-state index contributed by atoms with van der Waals surface area (Å²) in [5.41, 5.74) is 17.1. The Morgan fingerprint density at radius 1 is 1.25 bits per heavy atom. The summed E-state index contributed by atoms with van der Waals surface area (Å²) in [6.45, 7) is 5.77. The van der Waals surface area contributed by atoms with Crippen LogP contribution in [-0.2, 0) is 17.6 Å². The minimum absolute atomic E-state index is 0.331. The van der Waals surface area contributed by atoms with Gasteiger partial charge in [0, 0.05) is 23.8 Å². The molecule has 0 aromatic heterocycles. The van der Waals surface area contributed by atoms with Crippen LogP contribution in [0.15, 0.2) is 29.6 Å². The van der Waals surface area contributed by atoms with Crippen molar-refractivity contribution in [1.29, 1.82) is 0 Å². The number of likely N-dealkylation sites (tertiary alicyclic amines) is 1. The molecule has 6 N–H and O–H groups in total. The van der Waals surface area contributed by atoms with Gasteiger partial charge in [-0.2, -0.15) is 0 Å². The van der Waals surface area contributed by atoms with Gasteiger partial charge in [0.2, 0.25) is 0 Å². The average Bonchev–Trinajstić information content (AvgIpc) is 3.10. The Morgan fingerprint density at radius 3 is 2.82 bits per heavy atom. The second-order valence-corrected chi connectivity index (χ2v) is 8.32. The number of nitrogens with two attached hydrogens (primary N) is 2. The quantitative estimate of drug-likeness (QED) is 0.579. The van der Waals surface area contributed by atoms with Crippen LogP contribution in [0.2, 0.25) is 0 Å². The van der Waals surface area contributed by atoms with Gasteiger partial charge in [0.1, 0.15) is 5.75 Å². The molecule has 1 aromatic carbocycles. The van der Waals surface area contributed by atoms with Crippen molar-refractivity contribution < 1.29 is 9.84 Å². The second-order valence-electron chi connectivity index (χ2n) is 8.32. The molecule has 0 spiro atoms. The van der Waals surface area contributed by atoms with Crippen LogP contribution >= 0.6 is 0 Å². The summed E-state index contributed by atoms with van der Waals surface area (Å²) < 4.78 is 5.32. The number of ether oxygens (including phenoxy) is 1. The molecule has 0 bridgehead atoms. The standard InChI is InChI=1S/C22H32N4O2/c1-14(21(24)19-8-7-15-4-2-6-18(15)22(19)27)10-20(23)25-16-5-3-9-26(11-16)17-12-28-13-17/h7-8,10,16-17,25,27H,2-6,9,11-13,23-24H2,1H3/b20-10+,21-14-. The lowest BCUT2D eigenvalue weighted by atomic mass is 10.00. The van der Waals surface area contributed by atoms with Crippen LogP contribution in [0.4, 0.5) is 0 Å². The molecular weight excluding hydrogens is 352 g/mol. The summed E-state index contributed by atoms with van der Waals surface area (Å²) >= 11 is 0. The third kappa shape index (κ3) is 3.84. The first-order valence-electron chi connectivity index (χ1n) is 10.4. The SMILES string of the molecule is CC(/C=C(\N)NC1CCCN(C2COC2)C1)=C(/N)c1ccc2c(c1O)CCC2. The van der Waals surface area contributed by atoms with E-state index in [9.17, 15) is 5.11 Å². The molecular formula is C22H32N4O2. The number of allylic oxidation sites excluding steroid dienone is 2. The summed E-state index contributed by atoms with van der Waals surface area (Å²) in [7, 11) is 0. The average molecular weight is 385 g/mol. The molecule has 2 heterocycles. The van der Waals surface area contributed by atoms with Gasteiger partial charge in [-0.3, -0.25) is 4.90 Å². The predicted molar refractivity (Wildman–Crippen MR) is 112 cm³/mol. The molecule has 1 atom stereocenters. The zero-order valence-electron chi connectivity index (χ0n) is 16.7. The maximum Gasteiger partial charge on any atom is 0.128 e. The Kier molecular flexibility index (Phi) is 5.51. The minimum Gasteiger partial charge on any atom is -0.507 e. The number of aryl methyl sites for hydroxylation is 1. The highest BCUT2D eigenvalue weighted by atomic mass is 16.5. The second kappa shape index (κ2) is 8.05. The molecule has 152 valence electrons. The lowest BCUT2D eigenvalue weighted by Gasteiger charge is -2.42. The summed E-state index contributed by atoms with van der Waals surface area (Å²) in [5.74, 6) is 0.954. The monoisotopic (exact) mass is 384 g/mol. The highest BCUT2D eigenvalue weighted by Crippen LogP contribution is 2.35. The largest absolute Gasteiger partial charge is 0.507 e. The van der Waals surface area contributed by atoms with Crippen molar-refractivity contribution in [3.8, 4) is 5.75 Å². The van der Waals surface area contributed by atoms with Crippen molar-refractivity contribution in [2.75, 3.05) is 26.3 Å². The fourth-order valence-corrected chi connectivity index (χ4v) is 4.55. The van der Waals surface area contributed by atoms with Crippen LogP contribution in [0.1, 0.15) is 42.9 Å². The van der Waals surface area contributed by atoms with Crippen molar-refractivity contribution in [3.63, 3.8) is 0 Å². The van der Waals surface area contributed by atoms with Gasteiger partial charge in [-0.15, -0.1) is 0 Å². The van der Waals surface area contributed by atoms with Gasteiger partial charge in [0.05, 0.1) is 25.1 Å². The van der Waals surface area contributed by atoms with E-state index in [4.69, 9.17) is 16.2 Å². The lowest BCUT2D eigenvalue weighted by molar-refractivity contribution is -0.0728. The molecule has 2 fully saturated rings. The number of aromatic hydroxyl groups is 1. The van der Waals surface area contributed by atoms with E-state index in [1.807, 2.05) is 19.1 Å². The first kappa shape index (κ1) is 19.2. The van der Waals surface area contributed by atoms with Gasteiger partial charge < -0.3 is 26.6 Å². The Balaban J connectivity index is 1.45. The number of hydrogen-bond donors (Lipinski definition) is 4. The van der Waals surface area contributed by atoms with Crippen LogP contribution in [0.5, 0.6) is 5.75 Å². The van der Waals surface area contributed by atoms with Crippen LogP contribution < -0.4 is 16.8 Å². The fourth-order valence-electron chi connectivity index (χ4n) is 4.55. The third-order valence-corrected chi connectivity index (χ3v) is 6.30. The number of nitrogens with zero attached hydrogens (tertiary/aromatic N) is 1. The zero-order valence-corrected chi connectivity index (χ0v) is 16.7. The molecule has 4 rings (SSSR count). The number of rotatable bonds is 5. The highest BCUT2D eigenvalue weighted by molar-refractivity contribution is 5.74. The number of piperidine rings is 1. The normalized spacial score (nSPS) is 24.5. The van der Waals surface area contributed by atoms with Crippen molar-refractivity contribution in [3.05, 3.63) is 46.3 Å². The van der Waals surface area contributed by atoms with Crippen LogP contribution in [0.3, 0.4) is 0 Å². The number of phenols is 1. The molecule has 6 heteroatoms. The molecule has 0 amide bonds. The number of fused-ring (bicyclic) bond motifs is 1. The molecule has 2 saturated heterocycles. The first-order valence-corrected chi connectivity index (χ1v) is 10.4. The molecule has 0 saturated carbocycles. The minimum atomic E-state index is 0.331. The van der Waals surface area contributed by atoms with Gasteiger partial charge in [-0.25, -0.2) is 0 Å². The Bertz CT molecular complexity index is 798. The van der Waals surface area contributed by atoms with Gasteiger partial charge in [0.25, 0.3) is 0 Å². The molecule has 0 radical (unpaired) electrons. The molecule has 1 unspecified atom stereocenters. The Labute approximate surface area is 167 Å². The molecule has 6 nitrogen and oxygen atoms in total. The third-order valence-electron chi connectivity index (χ3n) is 6.30. The topological polar surface area (TPSA) is 96.8 Å². The van der Waals surface area contributed by atoms with E-state index in [0.29, 0.717) is 34.9 Å². The smallest absolute Gasteiger partial charge is 0.128 e. The van der Waals surface area contributed by atoms with E-state index < -0.39 is 0 Å². The lowest BCUT2D eigenvalue weighted by Crippen LogP contribution is -2.56. The number of benzene rings is 1. The van der Waals surface area contributed by atoms with Crippen molar-refractivity contribution >= 4 is 5.70 Å². The molecule has 2 aliphatic heterocycles. The first-order chi connectivity index (χ1) is 13.5. The predicted octanol–water partition coefficient (Wildman–Crippen LogP) is 1.82. The summed E-state index contributed by atoms with van der Waals surface area (Å²) in [4.78, 5) is 2.50. The summed E-state index contributed by atoms with van der Waals surface area (Å²) in [6, 6.07) is 4.92. The Hall–Kier alpha value is -2.18. The molecule has 1 aliphatic carbocycles. The van der Waals surface area contributed by atoms with Crippen LogP contribution in [0.25, 0.3) is 5.70 Å². The zero-order chi connectivity index (χ0) is 19.7. The van der Waals surface area contributed by atoms with E-state index >= 15 is 0 Å². The van der Waals surface area contributed by atoms with Gasteiger partial charge in [-0.05, 0) is 74.4 Å². The number of phenolic OH excluding ortho intramolecular Hbond substituents is 1. The van der Waals surface area contributed by atoms with E-state index in [-0.39, 0.29) is 0 Å². The molecule has 1 aromatic rings. The fraction of sp³-hybridized carbons (Fsp3) is 0.545. The Morgan fingerprint density at radius 2 is 2.07 bits per heavy atom. The van der Waals surface area contributed by atoms with E-state index in [2.05, 4.69) is 16.3 Å².